The van der Waals surface area contributed by atoms with Crippen molar-refractivity contribution < 1.29 is 13.9 Å². The van der Waals surface area contributed by atoms with Gasteiger partial charge in [0.1, 0.15) is 11.3 Å². The summed E-state index contributed by atoms with van der Waals surface area (Å²) in [6.45, 7) is 4.03. The average Bonchev–Trinajstić information content (AvgIpc) is 3.15. The number of nitrogens with one attached hydrogen (secondary N) is 2. The number of fused-ring (bicyclic) bond motifs is 1. The topological polar surface area (TPSA) is 76.4 Å². The summed E-state index contributed by atoms with van der Waals surface area (Å²) in [4.78, 5) is 17.0. The first kappa shape index (κ1) is 18.6. The molecular formula is C23H21N3O3. The number of aryl methyl sites for hydroxylation is 2. The largest absolute Gasteiger partial charge is 0.495 e. The van der Waals surface area contributed by atoms with Gasteiger partial charge < -0.3 is 19.8 Å². The molecular weight excluding hydrogens is 366 g/mol. The summed E-state index contributed by atoms with van der Waals surface area (Å²) in [6.07, 6.45) is 0. The maximum atomic E-state index is 12.5. The van der Waals surface area contributed by atoms with E-state index in [4.69, 9.17) is 9.15 Å². The quantitative estimate of drug-likeness (QED) is 0.466. The lowest BCUT2D eigenvalue weighted by Crippen LogP contribution is -2.20. The van der Waals surface area contributed by atoms with Gasteiger partial charge >= 0.3 is 6.03 Å². The summed E-state index contributed by atoms with van der Waals surface area (Å²) in [5.41, 5.74) is 5.75. The van der Waals surface area contributed by atoms with E-state index in [2.05, 4.69) is 15.6 Å². The van der Waals surface area contributed by atoms with Crippen LogP contribution in [0.2, 0.25) is 0 Å². The maximum Gasteiger partial charge on any atom is 0.323 e. The van der Waals surface area contributed by atoms with E-state index in [0.717, 1.165) is 22.3 Å². The SMILES string of the molecule is COc1ccc(-c2nc3ccccc3o2)cc1NC(=O)Nc1ccc(C)c(C)c1. The lowest BCUT2D eigenvalue weighted by Gasteiger charge is -2.13. The molecule has 6 heteroatoms. The van der Waals surface area contributed by atoms with Crippen LogP contribution >= 0.6 is 0 Å². The van der Waals surface area contributed by atoms with Gasteiger partial charge in [-0.05, 0) is 67.4 Å². The Balaban J connectivity index is 1.59. The maximum absolute atomic E-state index is 12.5. The van der Waals surface area contributed by atoms with Gasteiger partial charge in [0.05, 0.1) is 12.8 Å². The highest BCUT2D eigenvalue weighted by atomic mass is 16.5. The number of hydrogen-bond donors (Lipinski definition) is 2. The minimum absolute atomic E-state index is 0.360. The number of amides is 2. The number of nitrogens with zero attached hydrogens (tertiary/aromatic N) is 1. The van der Waals surface area contributed by atoms with Crippen molar-refractivity contribution in [2.75, 3.05) is 17.7 Å². The van der Waals surface area contributed by atoms with Crippen molar-refractivity contribution in [1.29, 1.82) is 0 Å². The molecule has 0 unspecified atom stereocenters. The predicted octanol–water partition coefficient (Wildman–Crippen LogP) is 5.76. The summed E-state index contributed by atoms with van der Waals surface area (Å²) >= 11 is 0. The average molecular weight is 387 g/mol. The Morgan fingerprint density at radius 2 is 1.79 bits per heavy atom. The molecule has 1 heterocycles. The number of aromatic nitrogens is 1. The van der Waals surface area contributed by atoms with Crippen LogP contribution in [0.1, 0.15) is 11.1 Å². The van der Waals surface area contributed by atoms with E-state index in [1.807, 2.05) is 62.4 Å². The van der Waals surface area contributed by atoms with E-state index in [0.29, 0.717) is 22.9 Å². The highest BCUT2D eigenvalue weighted by Gasteiger charge is 2.13. The molecule has 1 aromatic heterocycles. The highest BCUT2D eigenvalue weighted by molar-refractivity contribution is 6.01. The standard InChI is InChI=1S/C23H21N3O3/c1-14-8-10-17(12-15(14)2)24-23(27)26-19-13-16(9-11-20(19)28-3)22-25-18-6-4-5-7-21(18)29-22/h4-13H,1-3H3,(H2,24,26,27). The van der Waals surface area contributed by atoms with Crippen LogP contribution < -0.4 is 15.4 Å². The van der Waals surface area contributed by atoms with Gasteiger partial charge in [-0.1, -0.05) is 18.2 Å². The Hall–Kier alpha value is -3.80. The van der Waals surface area contributed by atoms with Crippen LogP contribution in [0.5, 0.6) is 5.75 Å². The minimum Gasteiger partial charge on any atom is -0.495 e. The molecule has 2 amide bonds. The molecule has 3 aromatic carbocycles. The molecule has 0 aliphatic carbocycles. The first-order chi connectivity index (χ1) is 14.0. The van der Waals surface area contributed by atoms with Crippen molar-refractivity contribution in [3.8, 4) is 17.2 Å². The number of urea groups is 1. The molecule has 0 bridgehead atoms. The number of hydrogen-bond acceptors (Lipinski definition) is 4. The molecule has 6 nitrogen and oxygen atoms in total. The second-order valence-corrected chi connectivity index (χ2v) is 6.78. The number of anilines is 2. The number of carbonyl (C=O) groups is 1. The van der Waals surface area contributed by atoms with Gasteiger partial charge in [0, 0.05) is 11.3 Å². The second-order valence-electron chi connectivity index (χ2n) is 6.78. The van der Waals surface area contributed by atoms with E-state index in [9.17, 15) is 4.79 Å². The normalized spacial score (nSPS) is 10.7. The Morgan fingerprint density at radius 3 is 2.55 bits per heavy atom. The molecule has 0 atom stereocenters. The smallest absolute Gasteiger partial charge is 0.323 e. The fraction of sp³-hybridized carbons (Fsp3) is 0.130. The number of oxazole rings is 1. The second kappa shape index (κ2) is 7.67. The van der Waals surface area contributed by atoms with Crippen molar-refractivity contribution in [1.82, 2.24) is 4.98 Å². The molecule has 4 rings (SSSR count). The summed E-state index contributed by atoms with van der Waals surface area (Å²) < 4.78 is 11.2. The fourth-order valence-corrected chi connectivity index (χ4v) is 3.04. The van der Waals surface area contributed by atoms with Crippen LogP contribution in [0, 0.1) is 13.8 Å². The van der Waals surface area contributed by atoms with Crippen molar-refractivity contribution in [2.24, 2.45) is 0 Å². The molecule has 0 saturated carbocycles. The van der Waals surface area contributed by atoms with Gasteiger partial charge in [-0.3, -0.25) is 0 Å². The van der Waals surface area contributed by atoms with Gasteiger partial charge in [0.25, 0.3) is 0 Å². The van der Waals surface area contributed by atoms with Gasteiger partial charge in [-0.2, -0.15) is 0 Å². The number of rotatable bonds is 4. The zero-order valence-corrected chi connectivity index (χ0v) is 16.4. The van der Waals surface area contributed by atoms with Gasteiger partial charge in [0.2, 0.25) is 5.89 Å². The molecule has 0 radical (unpaired) electrons. The molecule has 0 fully saturated rings. The summed E-state index contributed by atoms with van der Waals surface area (Å²) in [7, 11) is 1.56. The molecule has 0 spiro atoms. The summed E-state index contributed by atoms with van der Waals surface area (Å²) in [5.74, 6) is 1.02. The third kappa shape index (κ3) is 3.91. The van der Waals surface area contributed by atoms with E-state index in [1.54, 1.807) is 19.2 Å². The third-order valence-corrected chi connectivity index (χ3v) is 4.75. The van der Waals surface area contributed by atoms with E-state index < -0.39 is 0 Å². The number of benzene rings is 3. The van der Waals surface area contributed by atoms with Crippen LogP contribution in [0.3, 0.4) is 0 Å². The van der Waals surface area contributed by atoms with Gasteiger partial charge in [-0.25, -0.2) is 9.78 Å². The Labute approximate surface area is 168 Å². The van der Waals surface area contributed by atoms with E-state index in [-0.39, 0.29) is 6.03 Å². The highest BCUT2D eigenvalue weighted by Crippen LogP contribution is 2.32. The van der Waals surface area contributed by atoms with Crippen LogP contribution in [-0.2, 0) is 0 Å². The molecule has 0 aliphatic heterocycles. The van der Waals surface area contributed by atoms with Crippen LogP contribution in [0.25, 0.3) is 22.6 Å². The molecule has 2 N–H and O–H groups in total. The fourth-order valence-electron chi connectivity index (χ4n) is 3.04. The Kier molecular flexibility index (Phi) is 4.91. The van der Waals surface area contributed by atoms with E-state index in [1.165, 1.54) is 5.56 Å². The lowest BCUT2D eigenvalue weighted by molar-refractivity contribution is 0.262. The first-order valence-electron chi connectivity index (χ1n) is 9.23. The summed E-state index contributed by atoms with van der Waals surface area (Å²) in [5, 5.41) is 5.69. The zero-order chi connectivity index (χ0) is 20.4. The zero-order valence-electron chi connectivity index (χ0n) is 16.4. The van der Waals surface area contributed by atoms with Crippen molar-refractivity contribution in [3.05, 3.63) is 71.8 Å². The molecule has 0 aliphatic rings. The molecule has 4 aromatic rings. The summed E-state index contributed by atoms with van der Waals surface area (Å²) in [6, 6.07) is 18.4. The Bertz CT molecular complexity index is 1160. The van der Waals surface area contributed by atoms with Crippen LogP contribution in [-0.4, -0.2) is 18.1 Å². The molecule has 29 heavy (non-hydrogen) atoms. The van der Waals surface area contributed by atoms with Crippen LogP contribution in [0.15, 0.2) is 65.1 Å². The van der Waals surface area contributed by atoms with Gasteiger partial charge in [-0.15, -0.1) is 0 Å². The molecule has 0 saturated heterocycles. The monoisotopic (exact) mass is 387 g/mol. The van der Waals surface area contributed by atoms with E-state index >= 15 is 0 Å². The van der Waals surface area contributed by atoms with Gasteiger partial charge in [0.15, 0.2) is 5.58 Å². The number of carbonyl (C=O) groups excluding carboxylic acids is 1. The van der Waals surface area contributed by atoms with Crippen molar-refractivity contribution in [2.45, 2.75) is 13.8 Å². The number of ether oxygens (including phenoxy) is 1. The van der Waals surface area contributed by atoms with Crippen molar-refractivity contribution in [3.63, 3.8) is 0 Å². The minimum atomic E-state index is -0.360. The van der Waals surface area contributed by atoms with Crippen LogP contribution in [0.4, 0.5) is 16.2 Å². The third-order valence-electron chi connectivity index (χ3n) is 4.75. The number of methoxy groups -OCH3 is 1. The lowest BCUT2D eigenvalue weighted by atomic mass is 10.1. The Morgan fingerprint density at radius 1 is 0.966 bits per heavy atom. The predicted molar refractivity (Wildman–Crippen MR) is 115 cm³/mol. The molecule has 146 valence electrons. The van der Waals surface area contributed by atoms with Crippen molar-refractivity contribution >= 4 is 28.5 Å². The first-order valence-corrected chi connectivity index (χ1v) is 9.23. The number of para-hydroxylation sites is 2.